The molecule has 0 unspecified atom stereocenters. The zero-order chi connectivity index (χ0) is 28.2. The van der Waals surface area contributed by atoms with Crippen LogP contribution >= 0.6 is 11.6 Å². The van der Waals surface area contributed by atoms with Crippen LogP contribution in [0.1, 0.15) is 74.1 Å². The van der Waals surface area contributed by atoms with Gasteiger partial charge in [0.25, 0.3) is 5.91 Å². The van der Waals surface area contributed by atoms with Gasteiger partial charge in [0.2, 0.25) is 0 Å². The summed E-state index contributed by atoms with van der Waals surface area (Å²) >= 11 is 6.28. The average Bonchev–Trinajstić information content (AvgIpc) is 3.26. The van der Waals surface area contributed by atoms with Crippen molar-refractivity contribution in [2.45, 2.75) is 64.1 Å². The van der Waals surface area contributed by atoms with Gasteiger partial charge in [0.1, 0.15) is 17.1 Å². The zero-order valence-corrected chi connectivity index (χ0v) is 22.5. The number of ether oxygens (including phenoxy) is 1. The summed E-state index contributed by atoms with van der Waals surface area (Å²) in [5.41, 5.74) is 0.365. The fourth-order valence-corrected chi connectivity index (χ4v) is 4.43. The van der Waals surface area contributed by atoms with E-state index in [4.69, 9.17) is 16.3 Å². The Hall–Kier alpha value is -3.97. The van der Waals surface area contributed by atoms with Crippen molar-refractivity contribution in [3.8, 4) is 11.8 Å². The van der Waals surface area contributed by atoms with Crippen LogP contribution in [0.3, 0.4) is 0 Å². The third kappa shape index (κ3) is 7.54. The molecule has 0 radical (unpaired) electrons. The van der Waals surface area contributed by atoms with E-state index >= 15 is 0 Å². The topological polar surface area (TPSA) is 98.1 Å². The monoisotopic (exact) mass is 555 g/mol. The van der Waals surface area contributed by atoms with Gasteiger partial charge in [0, 0.05) is 23.4 Å². The summed E-state index contributed by atoms with van der Waals surface area (Å²) in [6.07, 6.45) is 4.86. The van der Waals surface area contributed by atoms with E-state index in [1.54, 1.807) is 25.5 Å². The molecular weight excluding hydrogens is 528 g/mol. The molecule has 0 bridgehead atoms. The molecule has 2 N–H and O–H groups in total. The minimum Gasteiger partial charge on any atom is -0.444 e. The highest BCUT2D eigenvalue weighted by Gasteiger charge is 2.29. The lowest BCUT2D eigenvalue weighted by atomic mass is 9.91. The number of hydrogen-bond acceptors (Lipinski definition) is 5. The molecule has 39 heavy (non-hydrogen) atoms. The number of nitrogens with one attached hydrogen (secondary N) is 2. The number of carbonyl (C=O) groups is 2. The Balaban J connectivity index is 1.40. The predicted octanol–water partition coefficient (Wildman–Crippen LogP) is 5.87. The molecule has 1 aliphatic rings. The van der Waals surface area contributed by atoms with Crippen molar-refractivity contribution in [1.82, 2.24) is 20.1 Å². The first-order valence-corrected chi connectivity index (χ1v) is 12.8. The summed E-state index contributed by atoms with van der Waals surface area (Å²) in [6.45, 7) is 5.41. The Morgan fingerprint density at radius 3 is 2.36 bits per heavy atom. The summed E-state index contributed by atoms with van der Waals surface area (Å²) in [7, 11) is 0. The molecule has 0 saturated heterocycles. The Kier molecular flexibility index (Phi) is 8.51. The second-order valence-electron chi connectivity index (χ2n) is 10.2. The van der Waals surface area contributed by atoms with Gasteiger partial charge >= 0.3 is 6.09 Å². The fraction of sp³-hybridized carbons (Fsp3) is 0.357. The largest absolute Gasteiger partial charge is 0.444 e. The maximum absolute atomic E-state index is 14.7. The Morgan fingerprint density at radius 2 is 1.72 bits per heavy atom. The fourth-order valence-electron chi connectivity index (χ4n) is 4.21. The summed E-state index contributed by atoms with van der Waals surface area (Å²) in [5, 5.41) is 9.76. The van der Waals surface area contributed by atoms with Crippen molar-refractivity contribution < 1.29 is 23.1 Å². The molecule has 2 aromatic heterocycles. The summed E-state index contributed by atoms with van der Waals surface area (Å²) < 4.78 is 34.6. The smallest absolute Gasteiger partial charge is 0.407 e. The molecule has 4 rings (SSSR count). The molecule has 1 aliphatic carbocycles. The second-order valence-corrected chi connectivity index (χ2v) is 10.6. The Bertz CT molecular complexity index is 1420. The van der Waals surface area contributed by atoms with Gasteiger partial charge in [-0.05, 0) is 76.8 Å². The number of hydrogen-bond donors (Lipinski definition) is 2. The van der Waals surface area contributed by atoms with Gasteiger partial charge in [-0.3, -0.25) is 9.48 Å². The van der Waals surface area contributed by atoms with Crippen LogP contribution in [-0.4, -0.2) is 38.4 Å². The molecule has 1 aromatic carbocycles. The van der Waals surface area contributed by atoms with Gasteiger partial charge in [-0.25, -0.2) is 18.6 Å². The first-order valence-electron chi connectivity index (χ1n) is 12.5. The van der Waals surface area contributed by atoms with Crippen molar-refractivity contribution in [1.29, 1.82) is 0 Å². The van der Waals surface area contributed by atoms with Crippen molar-refractivity contribution in [2.75, 3.05) is 5.32 Å². The van der Waals surface area contributed by atoms with E-state index in [0.717, 1.165) is 6.07 Å². The Morgan fingerprint density at radius 1 is 1.05 bits per heavy atom. The second kappa shape index (κ2) is 11.8. The molecule has 0 aliphatic heterocycles. The lowest BCUT2D eigenvalue weighted by Gasteiger charge is -2.30. The van der Waals surface area contributed by atoms with Crippen molar-refractivity contribution >= 4 is 29.4 Å². The molecule has 2 heterocycles. The minimum absolute atomic E-state index is 0.0534. The van der Waals surface area contributed by atoms with Gasteiger partial charge in [0.15, 0.2) is 11.6 Å². The maximum Gasteiger partial charge on any atom is 0.407 e. The van der Waals surface area contributed by atoms with Gasteiger partial charge in [0.05, 0.1) is 17.3 Å². The van der Waals surface area contributed by atoms with Gasteiger partial charge in [-0.15, -0.1) is 0 Å². The first-order chi connectivity index (χ1) is 18.5. The van der Waals surface area contributed by atoms with E-state index in [0.29, 0.717) is 31.2 Å². The quantitative estimate of drug-likeness (QED) is 0.392. The van der Waals surface area contributed by atoms with Crippen LogP contribution in [0.4, 0.5) is 19.4 Å². The van der Waals surface area contributed by atoms with Gasteiger partial charge in [-0.1, -0.05) is 23.4 Å². The number of anilines is 1. The van der Waals surface area contributed by atoms with Crippen LogP contribution < -0.4 is 10.6 Å². The van der Waals surface area contributed by atoms with Crippen LogP contribution in [0, 0.1) is 23.5 Å². The molecule has 8 nitrogen and oxygen atoms in total. The molecule has 0 spiro atoms. The maximum atomic E-state index is 14.7. The van der Waals surface area contributed by atoms with Crippen molar-refractivity contribution in [2.24, 2.45) is 0 Å². The van der Waals surface area contributed by atoms with E-state index < -0.39 is 23.4 Å². The zero-order valence-electron chi connectivity index (χ0n) is 21.7. The van der Waals surface area contributed by atoms with Crippen molar-refractivity contribution in [3.63, 3.8) is 0 Å². The first kappa shape index (κ1) is 28.0. The normalized spacial score (nSPS) is 17.1. The highest BCUT2D eigenvalue weighted by Crippen LogP contribution is 2.31. The number of rotatable bonds is 4. The number of benzene rings is 1. The number of amides is 2. The predicted molar refractivity (Wildman–Crippen MR) is 142 cm³/mol. The van der Waals surface area contributed by atoms with Crippen LogP contribution in [0.5, 0.6) is 0 Å². The van der Waals surface area contributed by atoms with E-state index in [1.807, 2.05) is 0 Å². The van der Waals surface area contributed by atoms with Crippen molar-refractivity contribution in [3.05, 3.63) is 76.2 Å². The van der Waals surface area contributed by atoms with E-state index in [-0.39, 0.29) is 40.0 Å². The Labute approximate surface area is 230 Å². The SMILES string of the molecule is CC(C)(C)OC(=O)NC1CCC(n2ncc(Cl)c2C(=O)Nc2ncc(C#Cc3ccc(F)cc3)cc2F)CC1. The standard InChI is InChI=1S/C28H28ClF2N5O3/c1-28(2,3)39-27(38)34-20-10-12-21(13-11-20)36-24(22(29)16-33-36)26(37)35-25-23(31)14-18(15-32-25)5-4-17-6-8-19(30)9-7-17/h6-9,14-16,20-21H,10-13H2,1-3H3,(H,34,38)(H,32,35,37). The lowest BCUT2D eigenvalue weighted by molar-refractivity contribution is 0.0487. The highest BCUT2D eigenvalue weighted by molar-refractivity contribution is 6.34. The summed E-state index contributed by atoms with van der Waals surface area (Å²) in [6, 6.07) is 6.55. The number of halogens is 3. The van der Waals surface area contributed by atoms with Crippen LogP contribution in [-0.2, 0) is 4.74 Å². The third-order valence-electron chi connectivity index (χ3n) is 6.00. The summed E-state index contributed by atoms with van der Waals surface area (Å²) in [5.74, 6) is 3.49. The lowest BCUT2D eigenvalue weighted by Crippen LogP contribution is -2.41. The molecule has 11 heteroatoms. The van der Waals surface area contributed by atoms with Gasteiger partial charge < -0.3 is 15.4 Å². The highest BCUT2D eigenvalue weighted by atomic mass is 35.5. The number of carbonyl (C=O) groups excluding carboxylic acids is 2. The number of nitrogens with zero attached hydrogens (tertiary/aromatic N) is 3. The minimum atomic E-state index is -0.773. The molecule has 204 valence electrons. The summed E-state index contributed by atoms with van der Waals surface area (Å²) in [4.78, 5) is 29.2. The molecule has 1 fully saturated rings. The van der Waals surface area contributed by atoms with Crippen LogP contribution in [0.2, 0.25) is 5.02 Å². The number of pyridine rings is 1. The van der Waals surface area contributed by atoms with Crippen LogP contribution in [0.15, 0.2) is 42.7 Å². The third-order valence-corrected chi connectivity index (χ3v) is 6.27. The van der Waals surface area contributed by atoms with E-state index in [9.17, 15) is 18.4 Å². The van der Waals surface area contributed by atoms with Gasteiger partial charge in [-0.2, -0.15) is 5.10 Å². The molecule has 2 amide bonds. The van der Waals surface area contributed by atoms with Crippen LogP contribution in [0.25, 0.3) is 0 Å². The molecule has 0 atom stereocenters. The number of aromatic nitrogens is 3. The van der Waals surface area contributed by atoms with E-state index in [1.165, 1.54) is 36.7 Å². The molecular formula is C28H28ClF2N5O3. The average molecular weight is 556 g/mol. The molecule has 3 aromatic rings. The molecule has 1 saturated carbocycles. The van der Waals surface area contributed by atoms with E-state index in [2.05, 4.69) is 32.6 Å². The number of alkyl carbamates (subject to hydrolysis) is 1.